The normalized spacial score (nSPS) is 15.1. The van der Waals surface area contributed by atoms with E-state index in [1.165, 1.54) is 0 Å². The summed E-state index contributed by atoms with van der Waals surface area (Å²) in [6.07, 6.45) is 1.72. The fraction of sp³-hybridized carbons (Fsp3) is 0.304. The molecule has 0 amide bonds. The van der Waals surface area contributed by atoms with E-state index in [2.05, 4.69) is 36.8 Å². The van der Waals surface area contributed by atoms with E-state index in [-0.39, 0.29) is 0 Å². The number of benzene rings is 2. The fourth-order valence-electron chi connectivity index (χ4n) is 3.56. The second-order valence-electron chi connectivity index (χ2n) is 7.60. The third-order valence-corrected chi connectivity index (χ3v) is 5.98. The molecule has 1 aliphatic rings. The number of rotatable bonds is 8. The smallest absolute Gasteiger partial charge is 0.338 e. The number of nitrogens with one attached hydrogen (secondary N) is 1. The summed E-state index contributed by atoms with van der Waals surface area (Å²) in [5.74, 6) is 0.627. The second-order valence-corrected chi connectivity index (χ2v) is 8.95. The van der Waals surface area contributed by atoms with Crippen LogP contribution in [0.15, 0.2) is 58.2 Å². The van der Waals surface area contributed by atoms with Crippen LogP contribution in [0.25, 0.3) is 0 Å². The molecule has 2 heterocycles. The van der Waals surface area contributed by atoms with Gasteiger partial charge in [0.2, 0.25) is 5.95 Å². The zero-order valence-corrected chi connectivity index (χ0v) is 20.6. The number of aromatic nitrogens is 4. The van der Waals surface area contributed by atoms with Gasteiger partial charge in [0.15, 0.2) is 0 Å². The Hall–Kier alpha value is -2.91. The van der Waals surface area contributed by atoms with E-state index >= 15 is 0 Å². The van der Waals surface area contributed by atoms with Crippen molar-refractivity contribution in [2.24, 2.45) is 0 Å². The first-order valence-corrected chi connectivity index (χ1v) is 11.7. The van der Waals surface area contributed by atoms with Gasteiger partial charge < -0.3 is 14.8 Å². The van der Waals surface area contributed by atoms with Crippen LogP contribution in [-0.4, -0.2) is 32.8 Å². The number of nitrogens with zero attached hydrogens (tertiary/aromatic N) is 4. The van der Waals surface area contributed by atoms with Crippen LogP contribution in [0.4, 0.5) is 5.95 Å². The summed E-state index contributed by atoms with van der Waals surface area (Å²) >= 11 is 9.53. The average Bonchev–Trinajstić information content (AvgIpc) is 3.26. The van der Waals surface area contributed by atoms with E-state index < -0.39 is 12.0 Å². The van der Waals surface area contributed by atoms with E-state index in [0.717, 1.165) is 28.4 Å². The Morgan fingerprint density at radius 2 is 2.03 bits per heavy atom. The number of fused-ring (bicyclic) bond motifs is 1. The zero-order chi connectivity index (χ0) is 23.4. The van der Waals surface area contributed by atoms with Crippen molar-refractivity contribution in [3.8, 4) is 5.75 Å². The Balaban J connectivity index is 1.72. The topological polar surface area (TPSA) is 91.2 Å². The summed E-state index contributed by atoms with van der Waals surface area (Å²) in [5, 5.41) is 15.7. The van der Waals surface area contributed by atoms with Crippen LogP contribution in [0.5, 0.6) is 5.75 Å². The first-order valence-electron chi connectivity index (χ1n) is 10.6. The predicted molar refractivity (Wildman–Crippen MR) is 128 cm³/mol. The quantitative estimate of drug-likeness (QED) is 0.311. The fourth-order valence-corrected chi connectivity index (χ4v) is 4.06. The number of allylic oxidation sites excluding steroid dienone is 1. The molecule has 4 rings (SSSR count). The average molecular weight is 533 g/mol. The highest BCUT2D eigenvalue weighted by molar-refractivity contribution is 9.10. The number of carbonyl (C=O) groups excluding carboxylic acids is 1. The molecule has 0 radical (unpaired) electrons. The van der Waals surface area contributed by atoms with Crippen LogP contribution in [-0.2, 0) is 16.1 Å². The van der Waals surface area contributed by atoms with Gasteiger partial charge in [-0.15, -0.1) is 0 Å². The largest absolute Gasteiger partial charge is 0.489 e. The maximum Gasteiger partial charge on any atom is 0.338 e. The van der Waals surface area contributed by atoms with Gasteiger partial charge in [-0.2, -0.15) is 4.68 Å². The van der Waals surface area contributed by atoms with Crippen molar-refractivity contribution in [1.29, 1.82) is 0 Å². The lowest BCUT2D eigenvalue weighted by Gasteiger charge is -2.28. The SMILES string of the molecule is CCCCOC(=O)C1=C(C)Nc2nnnn2C1c1cc(Br)ccc1OCc1ccc(Cl)cc1. The molecule has 0 saturated heterocycles. The van der Waals surface area contributed by atoms with Crippen molar-refractivity contribution < 1.29 is 14.3 Å². The van der Waals surface area contributed by atoms with Gasteiger partial charge in [0.05, 0.1) is 12.2 Å². The number of hydrogen-bond donors (Lipinski definition) is 1. The Morgan fingerprint density at radius 3 is 2.79 bits per heavy atom. The Kier molecular flexibility index (Phi) is 7.29. The van der Waals surface area contributed by atoms with Crippen molar-refractivity contribution in [3.05, 3.63) is 74.4 Å². The minimum Gasteiger partial charge on any atom is -0.489 e. The molecule has 1 aromatic heterocycles. The second kappa shape index (κ2) is 10.4. The van der Waals surface area contributed by atoms with Crippen molar-refractivity contribution >= 4 is 39.4 Å². The molecule has 3 aromatic rings. The van der Waals surface area contributed by atoms with E-state index in [1.54, 1.807) is 4.68 Å². The molecule has 0 saturated carbocycles. The molecule has 2 aromatic carbocycles. The van der Waals surface area contributed by atoms with Gasteiger partial charge in [0.1, 0.15) is 18.4 Å². The van der Waals surface area contributed by atoms with Crippen LogP contribution >= 0.6 is 27.5 Å². The number of anilines is 1. The van der Waals surface area contributed by atoms with Crippen molar-refractivity contribution in [1.82, 2.24) is 20.2 Å². The summed E-state index contributed by atoms with van der Waals surface area (Å²) in [6, 6.07) is 12.5. The van der Waals surface area contributed by atoms with Crippen LogP contribution in [0, 0.1) is 0 Å². The highest BCUT2D eigenvalue weighted by atomic mass is 79.9. The van der Waals surface area contributed by atoms with Gasteiger partial charge in [-0.3, -0.25) is 0 Å². The molecule has 33 heavy (non-hydrogen) atoms. The summed E-state index contributed by atoms with van der Waals surface area (Å²) in [6.45, 7) is 4.54. The molecule has 8 nitrogen and oxygen atoms in total. The van der Waals surface area contributed by atoms with Gasteiger partial charge in [0, 0.05) is 20.8 Å². The van der Waals surface area contributed by atoms with E-state index in [1.807, 2.05) is 56.3 Å². The van der Waals surface area contributed by atoms with Gasteiger partial charge in [0.25, 0.3) is 0 Å². The highest BCUT2D eigenvalue weighted by Crippen LogP contribution is 2.40. The van der Waals surface area contributed by atoms with Crippen LogP contribution in [0.3, 0.4) is 0 Å². The van der Waals surface area contributed by atoms with Gasteiger partial charge >= 0.3 is 5.97 Å². The monoisotopic (exact) mass is 531 g/mol. The minimum atomic E-state index is -0.622. The molecule has 1 atom stereocenters. The highest BCUT2D eigenvalue weighted by Gasteiger charge is 2.36. The van der Waals surface area contributed by atoms with Gasteiger partial charge in [-0.05, 0) is 59.7 Å². The molecule has 10 heteroatoms. The lowest BCUT2D eigenvalue weighted by Crippen LogP contribution is -2.30. The third kappa shape index (κ3) is 5.20. The lowest BCUT2D eigenvalue weighted by molar-refractivity contribution is -0.139. The maximum atomic E-state index is 13.1. The molecule has 0 bridgehead atoms. The molecule has 0 spiro atoms. The number of carbonyl (C=O) groups is 1. The van der Waals surface area contributed by atoms with Crippen LogP contribution < -0.4 is 10.1 Å². The molecule has 1 unspecified atom stereocenters. The van der Waals surface area contributed by atoms with E-state index in [9.17, 15) is 4.79 Å². The number of esters is 1. The molecule has 0 fully saturated rings. The summed E-state index contributed by atoms with van der Waals surface area (Å²) in [4.78, 5) is 13.1. The number of unbranched alkanes of at least 4 members (excludes halogenated alkanes) is 1. The first kappa shape index (κ1) is 23.3. The third-order valence-electron chi connectivity index (χ3n) is 5.24. The number of halogens is 2. The van der Waals surface area contributed by atoms with Crippen molar-refractivity contribution in [2.45, 2.75) is 39.3 Å². The Labute approximate surface area is 205 Å². The molecular formula is C23H23BrClN5O3. The number of tetrazole rings is 1. The van der Waals surface area contributed by atoms with Gasteiger partial charge in [-0.25, -0.2) is 4.79 Å². The molecule has 1 aliphatic heterocycles. The standard InChI is InChI=1S/C23H23BrClN5O3/c1-3-4-11-32-22(31)20-14(2)26-23-27-28-29-30(23)21(20)18-12-16(24)7-10-19(18)33-13-15-5-8-17(25)9-6-15/h5-10,12,21H,3-4,11,13H2,1-2H3,(H,26,27,29). The Morgan fingerprint density at radius 1 is 1.24 bits per heavy atom. The van der Waals surface area contributed by atoms with Crippen LogP contribution in [0.1, 0.15) is 43.9 Å². The van der Waals surface area contributed by atoms with E-state index in [4.69, 9.17) is 21.1 Å². The summed E-state index contributed by atoms with van der Waals surface area (Å²) < 4.78 is 14.2. The molecule has 172 valence electrons. The van der Waals surface area contributed by atoms with Crippen molar-refractivity contribution in [2.75, 3.05) is 11.9 Å². The number of ether oxygens (including phenoxy) is 2. The first-order chi connectivity index (χ1) is 16.0. The van der Waals surface area contributed by atoms with Crippen LogP contribution in [0.2, 0.25) is 5.02 Å². The molecule has 1 N–H and O–H groups in total. The molecule has 0 aliphatic carbocycles. The van der Waals surface area contributed by atoms with Crippen molar-refractivity contribution in [3.63, 3.8) is 0 Å². The number of hydrogen-bond acceptors (Lipinski definition) is 7. The predicted octanol–water partition coefficient (Wildman–Crippen LogP) is 5.30. The lowest BCUT2D eigenvalue weighted by atomic mass is 9.95. The van der Waals surface area contributed by atoms with E-state index in [0.29, 0.717) is 41.2 Å². The Bertz CT molecular complexity index is 1180. The summed E-state index contributed by atoms with van der Waals surface area (Å²) in [7, 11) is 0. The zero-order valence-electron chi connectivity index (χ0n) is 18.2. The summed E-state index contributed by atoms with van der Waals surface area (Å²) in [5.41, 5.74) is 2.76. The molecular weight excluding hydrogens is 510 g/mol. The van der Waals surface area contributed by atoms with Gasteiger partial charge in [-0.1, -0.05) is 58.1 Å². The maximum absolute atomic E-state index is 13.1. The minimum absolute atomic E-state index is 0.332.